The van der Waals surface area contributed by atoms with Crippen molar-refractivity contribution in [3.05, 3.63) is 59.2 Å². The van der Waals surface area contributed by atoms with Crippen molar-refractivity contribution >= 4 is 0 Å². The van der Waals surface area contributed by atoms with Crippen molar-refractivity contribution in [3.63, 3.8) is 0 Å². The van der Waals surface area contributed by atoms with E-state index in [0.717, 1.165) is 17.1 Å². The fourth-order valence-electron chi connectivity index (χ4n) is 2.13. The van der Waals surface area contributed by atoms with Crippen molar-refractivity contribution < 1.29 is 4.74 Å². The molecule has 2 aromatic carbocycles. The average Bonchev–Trinajstić information content (AvgIpc) is 2.37. The maximum atomic E-state index is 6.00. The first-order valence-corrected chi connectivity index (χ1v) is 6.41. The highest BCUT2D eigenvalue weighted by atomic mass is 16.5. The molecule has 4 N–H and O–H groups in total. The number of para-hydroxylation sites is 1. The van der Waals surface area contributed by atoms with Gasteiger partial charge in [-0.25, -0.2) is 0 Å². The van der Waals surface area contributed by atoms with E-state index in [4.69, 9.17) is 16.2 Å². The summed E-state index contributed by atoms with van der Waals surface area (Å²) < 4.78 is 5.96. The Morgan fingerprint density at radius 3 is 2.32 bits per heavy atom. The van der Waals surface area contributed by atoms with E-state index in [0.29, 0.717) is 6.54 Å². The van der Waals surface area contributed by atoms with Crippen LogP contribution in [0.2, 0.25) is 0 Å². The predicted molar refractivity (Wildman–Crippen MR) is 78.4 cm³/mol. The summed E-state index contributed by atoms with van der Waals surface area (Å²) in [6.45, 7) is 4.50. The quantitative estimate of drug-likeness (QED) is 0.883. The first-order valence-electron chi connectivity index (χ1n) is 6.41. The summed E-state index contributed by atoms with van der Waals surface area (Å²) in [6.07, 6.45) is 0. The molecule has 0 saturated heterocycles. The van der Waals surface area contributed by atoms with Crippen molar-refractivity contribution in [2.24, 2.45) is 11.5 Å². The van der Waals surface area contributed by atoms with E-state index < -0.39 is 0 Å². The van der Waals surface area contributed by atoms with Gasteiger partial charge in [-0.3, -0.25) is 0 Å². The Morgan fingerprint density at radius 2 is 1.68 bits per heavy atom. The molecule has 19 heavy (non-hydrogen) atoms. The van der Waals surface area contributed by atoms with Crippen molar-refractivity contribution in [2.45, 2.75) is 19.9 Å². The zero-order valence-corrected chi connectivity index (χ0v) is 11.4. The molecule has 0 radical (unpaired) electrons. The molecule has 0 saturated carbocycles. The predicted octanol–water partition coefficient (Wildman–Crippen LogP) is 3.05. The monoisotopic (exact) mass is 256 g/mol. The summed E-state index contributed by atoms with van der Waals surface area (Å²) in [4.78, 5) is 0. The minimum Gasteiger partial charge on any atom is -0.457 e. The van der Waals surface area contributed by atoms with Crippen LogP contribution in [0.5, 0.6) is 11.5 Å². The van der Waals surface area contributed by atoms with Crippen LogP contribution < -0.4 is 16.2 Å². The molecule has 2 rings (SSSR count). The molecule has 0 aliphatic heterocycles. The smallest absolute Gasteiger partial charge is 0.132 e. The topological polar surface area (TPSA) is 61.3 Å². The van der Waals surface area contributed by atoms with Crippen LogP contribution in [-0.4, -0.2) is 6.54 Å². The summed E-state index contributed by atoms with van der Waals surface area (Å²) in [5.41, 5.74) is 14.9. The Morgan fingerprint density at radius 1 is 1.05 bits per heavy atom. The lowest BCUT2D eigenvalue weighted by atomic mass is 10.1. The van der Waals surface area contributed by atoms with E-state index in [2.05, 4.69) is 19.9 Å². The second-order valence-corrected chi connectivity index (χ2v) is 4.81. The number of nitrogens with two attached hydrogens (primary N) is 2. The molecule has 3 nitrogen and oxygen atoms in total. The number of aryl methyl sites for hydroxylation is 2. The number of hydrogen-bond donors (Lipinski definition) is 2. The average molecular weight is 256 g/mol. The van der Waals surface area contributed by atoms with Crippen LogP contribution >= 0.6 is 0 Å². The second kappa shape index (κ2) is 5.87. The van der Waals surface area contributed by atoms with E-state index in [1.54, 1.807) is 0 Å². The molecule has 1 atom stereocenters. The Bertz CT molecular complexity index is 546. The Hall–Kier alpha value is -1.84. The molecule has 3 heteroatoms. The molecule has 0 spiro atoms. The minimum atomic E-state index is -0.206. The highest BCUT2D eigenvalue weighted by Gasteiger charge is 2.11. The fourth-order valence-corrected chi connectivity index (χ4v) is 2.13. The lowest BCUT2D eigenvalue weighted by molar-refractivity contribution is 0.469. The molecule has 1 unspecified atom stereocenters. The summed E-state index contributed by atoms with van der Waals surface area (Å²) in [5, 5.41) is 0. The molecule has 0 aliphatic rings. The maximum absolute atomic E-state index is 6.00. The lowest BCUT2D eigenvalue weighted by Gasteiger charge is -2.15. The summed E-state index contributed by atoms with van der Waals surface area (Å²) in [6, 6.07) is 13.7. The van der Waals surface area contributed by atoms with Crippen molar-refractivity contribution in [3.8, 4) is 11.5 Å². The van der Waals surface area contributed by atoms with Crippen LogP contribution in [0.1, 0.15) is 22.7 Å². The number of rotatable bonds is 4. The van der Waals surface area contributed by atoms with Crippen molar-refractivity contribution in [2.75, 3.05) is 6.54 Å². The van der Waals surface area contributed by atoms with Gasteiger partial charge in [-0.1, -0.05) is 24.3 Å². The van der Waals surface area contributed by atoms with Gasteiger partial charge in [0.05, 0.1) is 0 Å². The third-order valence-electron chi connectivity index (χ3n) is 3.00. The normalized spacial score (nSPS) is 12.2. The van der Waals surface area contributed by atoms with Gasteiger partial charge in [0.15, 0.2) is 0 Å². The highest BCUT2D eigenvalue weighted by Crippen LogP contribution is 2.29. The minimum absolute atomic E-state index is 0.206. The summed E-state index contributed by atoms with van der Waals surface area (Å²) in [5.74, 6) is 1.60. The van der Waals surface area contributed by atoms with Crippen LogP contribution in [0.15, 0.2) is 42.5 Å². The second-order valence-electron chi connectivity index (χ2n) is 4.81. The molecule has 0 fully saturated rings. The van der Waals surface area contributed by atoms with Crippen LogP contribution in [0, 0.1) is 13.8 Å². The number of ether oxygens (including phenoxy) is 1. The van der Waals surface area contributed by atoms with Crippen LogP contribution in [0.3, 0.4) is 0 Å². The molecule has 2 aromatic rings. The largest absolute Gasteiger partial charge is 0.457 e. The zero-order chi connectivity index (χ0) is 13.8. The van der Waals surface area contributed by atoms with Gasteiger partial charge in [0, 0.05) is 18.2 Å². The van der Waals surface area contributed by atoms with E-state index in [1.165, 1.54) is 11.1 Å². The third-order valence-corrected chi connectivity index (χ3v) is 3.00. The maximum Gasteiger partial charge on any atom is 0.132 e. The van der Waals surface area contributed by atoms with E-state index in [-0.39, 0.29) is 6.04 Å². The van der Waals surface area contributed by atoms with Gasteiger partial charge in [-0.05, 0) is 43.2 Å². The van der Waals surface area contributed by atoms with Crippen LogP contribution in [-0.2, 0) is 0 Å². The molecule has 0 amide bonds. The first kappa shape index (κ1) is 13.6. The summed E-state index contributed by atoms with van der Waals surface area (Å²) >= 11 is 0. The van der Waals surface area contributed by atoms with Gasteiger partial charge in [0.2, 0.25) is 0 Å². The van der Waals surface area contributed by atoms with Crippen LogP contribution in [0.4, 0.5) is 0 Å². The van der Waals surface area contributed by atoms with Gasteiger partial charge in [-0.15, -0.1) is 0 Å². The molecule has 0 aliphatic carbocycles. The molecule has 0 bridgehead atoms. The van der Waals surface area contributed by atoms with Gasteiger partial charge in [0.25, 0.3) is 0 Å². The van der Waals surface area contributed by atoms with Gasteiger partial charge < -0.3 is 16.2 Å². The Kier molecular flexibility index (Phi) is 4.20. The number of benzene rings is 2. The fraction of sp³-hybridized carbons (Fsp3) is 0.250. The molecule has 100 valence electrons. The Balaban J connectivity index is 2.32. The van der Waals surface area contributed by atoms with Crippen molar-refractivity contribution in [1.29, 1.82) is 0 Å². The standard InChI is InChI=1S/C16H20N2O/c1-11-7-12(2)9-13(8-11)19-16-6-4-3-5-14(16)15(18)10-17/h3-9,15H,10,17-18H2,1-2H3. The molecular weight excluding hydrogens is 236 g/mol. The Labute approximate surface area is 114 Å². The van der Waals surface area contributed by atoms with Crippen LogP contribution in [0.25, 0.3) is 0 Å². The van der Waals surface area contributed by atoms with E-state index in [1.807, 2.05) is 36.4 Å². The molecule has 0 aromatic heterocycles. The highest BCUT2D eigenvalue weighted by molar-refractivity contribution is 5.41. The van der Waals surface area contributed by atoms with E-state index >= 15 is 0 Å². The SMILES string of the molecule is Cc1cc(C)cc(Oc2ccccc2C(N)CN)c1. The van der Waals surface area contributed by atoms with Gasteiger partial charge in [0.1, 0.15) is 11.5 Å². The molecule has 0 heterocycles. The zero-order valence-electron chi connectivity index (χ0n) is 11.4. The summed E-state index contributed by atoms with van der Waals surface area (Å²) in [7, 11) is 0. The first-order chi connectivity index (χ1) is 9.10. The van der Waals surface area contributed by atoms with Gasteiger partial charge in [-0.2, -0.15) is 0 Å². The number of hydrogen-bond acceptors (Lipinski definition) is 3. The van der Waals surface area contributed by atoms with Crippen molar-refractivity contribution in [1.82, 2.24) is 0 Å². The van der Waals surface area contributed by atoms with E-state index in [9.17, 15) is 0 Å². The lowest BCUT2D eigenvalue weighted by Crippen LogP contribution is -2.21. The molecular formula is C16H20N2O. The third kappa shape index (κ3) is 3.34. The van der Waals surface area contributed by atoms with Gasteiger partial charge >= 0.3 is 0 Å².